The Hall–Kier alpha value is -0.770. The molecule has 2 aromatic rings. The number of benzene rings is 2. The Kier molecular flexibility index (Phi) is 3.70. The van der Waals surface area contributed by atoms with Crippen molar-refractivity contribution in [3.8, 4) is 0 Å². The predicted octanol–water partition coefficient (Wildman–Crippen LogP) is 5.08. The van der Waals surface area contributed by atoms with Gasteiger partial charge in [-0.3, -0.25) is 4.99 Å². The van der Waals surface area contributed by atoms with Crippen LogP contribution in [0.3, 0.4) is 0 Å². The molecular weight excluding hydrogens is 342 g/mol. The first-order valence-corrected chi connectivity index (χ1v) is 8.07. The molecule has 3 rings (SSSR count). The van der Waals surface area contributed by atoms with Crippen molar-refractivity contribution >= 4 is 44.3 Å². The van der Waals surface area contributed by atoms with Gasteiger partial charge in [0.1, 0.15) is 5.04 Å². The Bertz CT molecular complexity index is 629. The van der Waals surface area contributed by atoms with Crippen molar-refractivity contribution in [3.63, 3.8) is 0 Å². The molecule has 0 bridgehead atoms. The van der Waals surface area contributed by atoms with E-state index in [-0.39, 0.29) is 4.45 Å². The lowest BCUT2D eigenvalue weighted by molar-refractivity contribution is 0.788. The van der Waals surface area contributed by atoms with Gasteiger partial charge in [-0.1, -0.05) is 76.1 Å². The van der Waals surface area contributed by atoms with Gasteiger partial charge in [0, 0.05) is 11.3 Å². The molecule has 1 aliphatic rings. The highest BCUT2D eigenvalue weighted by atomic mass is 79.9. The molecule has 0 saturated heterocycles. The maximum atomic E-state index is 6.23. The molecule has 19 heavy (non-hydrogen) atoms. The zero-order valence-corrected chi connectivity index (χ0v) is 13.2. The van der Waals surface area contributed by atoms with E-state index in [9.17, 15) is 0 Å². The standard InChI is InChI=1S/C15H11BrClNS/c16-15(11-6-2-1-3-7-11)10-19-14(18-15)12-8-4-5-9-13(12)17/h1-9H,10H2. The summed E-state index contributed by atoms with van der Waals surface area (Å²) >= 11 is 11.7. The van der Waals surface area contributed by atoms with Crippen LogP contribution in [0.4, 0.5) is 0 Å². The molecule has 4 heteroatoms. The van der Waals surface area contributed by atoms with Gasteiger partial charge in [0.05, 0.1) is 5.02 Å². The maximum absolute atomic E-state index is 6.23. The maximum Gasteiger partial charge on any atom is 0.151 e. The number of halogens is 2. The fourth-order valence-corrected chi connectivity index (χ4v) is 4.30. The summed E-state index contributed by atoms with van der Waals surface area (Å²) in [6.45, 7) is 0. The second kappa shape index (κ2) is 5.31. The van der Waals surface area contributed by atoms with Crippen molar-refractivity contribution in [2.45, 2.75) is 4.45 Å². The highest BCUT2D eigenvalue weighted by Gasteiger charge is 2.35. The number of alkyl halides is 1. The van der Waals surface area contributed by atoms with Crippen molar-refractivity contribution in [1.29, 1.82) is 0 Å². The second-order valence-electron chi connectivity index (χ2n) is 4.31. The monoisotopic (exact) mass is 351 g/mol. The topological polar surface area (TPSA) is 12.4 Å². The van der Waals surface area contributed by atoms with Crippen LogP contribution in [0, 0.1) is 0 Å². The summed E-state index contributed by atoms with van der Waals surface area (Å²) in [6, 6.07) is 18.1. The van der Waals surface area contributed by atoms with Crippen LogP contribution in [0.25, 0.3) is 0 Å². The third-order valence-corrected chi connectivity index (χ3v) is 5.76. The molecule has 2 aromatic carbocycles. The van der Waals surface area contributed by atoms with Crippen molar-refractivity contribution in [1.82, 2.24) is 0 Å². The highest BCUT2D eigenvalue weighted by Crippen LogP contribution is 2.44. The van der Waals surface area contributed by atoms with Crippen LogP contribution < -0.4 is 0 Å². The highest BCUT2D eigenvalue weighted by molar-refractivity contribution is 9.09. The zero-order valence-electron chi connectivity index (χ0n) is 10.0. The molecule has 1 aliphatic heterocycles. The molecular formula is C15H11BrClNS. The minimum absolute atomic E-state index is 0.340. The van der Waals surface area contributed by atoms with E-state index >= 15 is 0 Å². The van der Waals surface area contributed by atoms with Crippen molar-refractivity contribution in [2.24, 2.45) is 4.99 Å². The Morgan fingerprint density at radius 3 is 2.47 bits per heavy atom. The summed E-state index contributed by atoms with van der Waals surface area (Å²) in [6.07, 6.45) is 0. The van der Waals surface area contributed by atoms with Crippen LogP contribution in [-0.4, -0.2) is 10.8 Å². The molecule has 1 atom stereocenters. The van der Waals surface area contributed by atoms with E-state index in [4.69, 9.17) is 16.6 Å². The summed E-state index contributed by atoms with van der Waals surface area (Å²) in [5.74, 6) is 0.873. The fraction of sp³-hybridized carbons (Fsp3) is 0.133. The van der Waals surface area contributed by atoms with Crippen LogP contribution in [0.2, 0.25) is 5.02 Å². The third-order valence-electron chi connectivity index (χ3n) is 3.00. The number of hydrogen-bond donors (Lipinski definition) is 0. The van der Waals surface area contributed by atoms with Crippen molar-refractivity contribution in [2.75, 3.05) is 5.75 Å². The minimum atomic E-state index is -0.340. The number of hydrogen-bond acceptors (Lipinski definition) is 2. The molecule has 0 saturated carbocycles. The summed E-state index contributed by atoms with van der Waals surface area (Å²) in [5, 5.41) is 1.74. The Morgan fingerprint density at radius 2 is 1.74 bits per heavy atom. The van der Waals surface area contributed by atoms with Crippen LogP contribution in [0.15, 0.2) is 59.6 Å². The first kappa shape index (κ1) is 13.2. The van der Waals surface area contributed by atoms with Gasteiger partial charge >= 0.3 is 0 Å². The van der Waals surface area contributed by atoms with E-state index in [1.54, 1.807) is 11.8 Å². The molecule has 0 N–H and O–H groups in total. The van der Waals surface area contributed by atoms with Crippen LogP contribution >= 0.6 is 39.3 Å². The number of nitrogens with zero attached hydrogens (tertiary/aromatic N) is 1. The molecule has 0 spiro atoms. The average molecular weight is 353 g/mol. The smallest absolute Gasteiger partial charge is 0.151 e. The van der Waals surface area contributed by atoms with Gasteiger partial charge in [0.2, 0.25) is 0 Å². The third kappa shape index (κ3) is 2.60. The van der Waals surface area contributed by atoms with Gasteiger partial charge in [-0.25, -0.2) is 0 Å². The molecule has 0 radical (unpaired) electrons. The number of rotatable bonds is 2. The molecule has 0 amide bonds. The lowest BCUT2D eigenvalue weighted by Crippen LogP contribution is -2.14. The first-order chi connectivity index (χ1) is 9.19. The van der Waals surface area contributed by atoms with Crippen LogP contribution in [0.5, 0.6) is 0 Å². The van der Waals surface area contributed by atoms with E-state index in [0.717, 1.165) is 21.4 Å². The largest absolute Gasteiger partial charge is 0.254 e. The second-order valence-corrected chi connectivity index (χ2v) is 6.99. The quantitative estimate of drug-likeness (QED) is 0.542. The molecule has 1 heterocycles. The van der Waals surface area contributed by atoms with Crippen LogP contribution in [-0.2, 0) is 4.45 Å². The lowest BCUT2D eigenvalue weighted by Gasteiger charge is -2.17. The average Bonchev–Trinajstić information content (AvgIpc) is 2.84. The van der Waals surface area contributed by atoms with Gasteiger partial charge in [0.25, 0.3) is 0 Å². The van der Waals surface area contributed by atoms with Gasteiger partial charge < -0.3 is 0 Å². The fourth-order valence-electron chi connectivity index (χ4n) is 2.00. The van der Waals surface area contributed by atoms with E-state index in [0.29, 0.717) is 0 Å². The van der Waals surface area contributed by atoms with Gasteiger partial charge in [-0.2, -0.15) is 0 Å². The van der Waals surface area contributed by atoms with Gasteiger partial charge in [0.15, 0.2) is 4.45 Å². The normalized spacial score (nSPS) is 22.3. The molecule has 0 aromatic heterocycles. The van der Waals surface area contributed by atoms with Gasteiger partial charge in [-0.15, -0.1) is 11.8 Å². The molecule has 1 unspecified atom stereocenters. The molecule has 0 fully saturated rings. The Morgan fingerprint density at radius 1 is 1.05 bits per heavy atom. The zero-order chi connectivity index (χ0) is 13.3. The summed E-state index contributed by atoms with van der Waals surface area (Å²) in [7, 11) is 0. The first-order valence-electron chi connectivity index (χ1n) is 5.91. The lowest BCUT2D eigenvalue weighted by atomic mass is 10.1. The van der Waals surface area contributed by atoms with Crippen molar-refractivity contribution < 1.29 is 0 Å². The summed E-state index contributed by atoms with van der Waals surface area (Å²) < 4.78 is -0.340. The predicted molar refractivity (Wildman–Crippen MR) is 87.5 cm³/mol. The molecule has 96 valence electrons. The van der Waals surface area contributed by atoms with Crippen molar-refractivity contribution in [3.05, 3.63) is 70.7 Å². The van der Waals surface area contributed by atoms with E-state index in [2.05, 4.69) is 28.1 Å². The van der Waals surface area contributed by atoms with E-state index in [1.165, 1.54) is 5.56 Å². The van der Waals surface area contributed by atoms with E-state index < -0.39 is 0 Å². The minimum Gasteiger partial charge on any atom is -0.254 e. The Labute approximate surface area is 130 Å². The van der Waals surface area contributed by atoms with E-state index in [1.807, 2.05) is 42.5 Å². The Balaban J connectivity index is 2.00. The summed E-state index contributed by atoms with van der Waals surface area (Å²) in [4.78, 5) is 4.83. The molecule has 1 nitrogen and oxygen atoms in total. The van der Waals surface area contributed by atoms with Gasteiger partial charge in [-0.05, 0) is 11.6 Å². The SMILES string of the molecule is Clc1ccccc1C1=NC(Br)(c2ccccc2)CS1. The number of thioether (sulfide) groups is 1. The van der Waals surface area contributed by atoms with Crippen LogP contribution in [0.1, 0.15) is 11.1 Å². The number of aliphatic imine (C=N–C) groups is 1. The molecule has 0 aliphatic carbocycles. The summed E-state index contributed by atoms with van der Waals surface area (Å²) in [5.41, 5.74) is 2.18.